The molecule has 1 aliphatic heterocycles. The lowest BCUT2D eigenvalue weighted by Gasteiger charge is -2.53. The molecule has 5 aliphatic carbocycles. The minimum Gasteiger partial charge on any atom is -0.463 e. The molecule has 1 N–H and O–H groups in total. The number of amides is 1. The SMILES string of the molecule is C=CC(=O)OCCCCCCOC1CCC(C(=O)N2CCC[C@H]2C(O)(C2CCC(C3CCCCC3)CC2)C2CCC(C3CCCCC3)CC2)CC1. The van der Waals surface area contributed by atoms with Crippen LogP contribution in [0.15, 0.2) is 12.7 Å². The highest BCUT2D eigenvalue weighted by Crippen LogP contribution is 2.53. The minimum absolute atomic E-state index is 0.00623. The van der Waals surface area contributed by atoms with E-state index in [1.807, 2.05) is 0 Å². The minimum atomic E-state index is -0.727. The maximum atomic E-state index is 14.4. The highest BCUT2D eigenvalue weighted by atomic mass is 16.5. The van der Waals surface area contributed by atoms with Gasteiger partial charge in [0.1, 0.15) is 0 Å². The molecular weight excluding hydrogens is 634 g/mol. The van der Waals surface area contributed by atoms with Crippen LogP contribution < -0.4 is 0 Å². The van der Waals surface area contributed by atoms with Crippen LogP contribution in [-0.4, -0.2) is 59.4 Å². The van der Waals surface area contributed by atoms with Gasteiger partial charge in [-0.1, -0.05) is 77.2 Å². The summed E-state index contributed by atoms with van der Waals surface area (Å²) < 4.78 is 11.3. The Balaban J connectivity index is 1.02. The first-order chi connectivity index (χ1) is 25.0. The summed E-state index contributed by atoms with van der Waals surface area (Å²) in [4.78, 5) is 27.8. The van der Waals surface area contributed by atoms with Gasteiger partial charge in [0.2, 0.25) is 5.91 Å². The molecular formula is C45H75NO5. The van der Waals surface area contributed by atoms with Crippen molar-refractivity contribution in [3.05, 3.63) is 12.7 Å². The van der Waals surface area contributed by atoms with Gasteiger partial charge in [0, 0.05) is 25.1 Å². The molecule has 6 aliphatic rings. The molecule has 1 saturated heterocycles. The second-order valence-electron chi connectivity index (χ2n) is 18.2. The fraction of sp³-hybridized carbons (Fsp3) is 0.911. The van der Waals surface area contributed by atoms with Gasteiger partial charge < -0.3 is 19.5 Å². The van der Waals surface area contributed by atoms with Crippen molar-refractivity contribution < 1.29 is 24.2 Å². The zero-order chi connectivity index (χ0) is 35.5. The standard InChI is InChI=1S/C45H75NO5/c1-2-43(47)51-33-12-4-3-11-32-50-41-29-23-38(24-30-41)44(48)46-31-13-18-42(46)45(49,39-25-19-36(20-26-39)34-14-7-5-8-15-34)40-27-21-37(22-28-40)35-16-9-6-10-17-35/h2,34-42,49H,1,3-33H2/t36?,37?,38?,39?,40?,41?,42-,45?/m0/s1. The number of hydrogen-bond donors (Lipinski definition) is 1. The lowest BCUT2D eigenvalue weighted by molar-refractivity contribution is -0.164. The third kappa shape index (κ3) is 10.2. The molecule has 6 fully saturated rings. The molecule has 0 bridgehead atoms. The Labute approximate surface area is 311 Å². The van der Waals surface area contributed by atoms with E-state index < -0.39 is 5.60 Å². The van der Waals surface area contributed by atoms with E-state index in [1.165, 1.54) is 122 Å². The molecule has 0 aromatic rings. The Kier molecular flexibility index (Phi) is 15.2. The van der Waals surface area contributed by atoms with Crippen molar-refractivity contribution in [3.8, 4) is 0 Å². The Morgan fingerprint density at radius 1 is 0.608 bits per heavy atom. The van der Waals surface area contributed by atoms with Crippen molar-refractivity contribution in [2.24, 2.45) is 41.4 Å². The number of hydrogen-bond acceptors (Lipinski definition) is 5. The summed E-state index contributed by atoms with van der Waals surface area (Å²) in [6.07, 6.45) is 35.4. The van der Waals surface area contributed by atoms with Crippen LogP contribution in [-0.2, 0) is 19.1 Å². The summed E-state index contributed by atoms with van der Waals surface area (Å²) in [5.74, 6) is 4.33. The molecule has 0 aromatic carbocycles. The number of aliphatic hydroxyl groups is 1. The van der Waals surface area contributed by atoms with Gasteiger partial charge in [0.05, 0.1) is 24.4 Å². The van der Waals surface area contributed by atoms with Crippen LogP contribution in [0.5, 0.6) is 0 Å². The van der Waals surface area contributed by atoms with Gasteiger partial charge in [-0.25, -0.2) is 4.79 Å². The summed E-state index contributed by atoms with van der Waals surface area (Å²) in [6.45, 7) is 5.50. The first kappa shape index (κ1) is 39.3. The van der Waals surface area contributed by atoms with Crippen LogP contribution >= 0.6 is 0 Å². The normalized spacial score (nSPS) is 34.1. The maximum Gasteiger partial charge on any atom is 0.330 e. The average molecular weight is 710 g/mol. The molecule has 6 nitrogen and oxygen atoms in total. The van der Waals surface area contributed by atoms with Crippen molar-refractivity contribution >= 4 is 11.9 Å². The summed E-state index contributed by atoms with van der Waals surface area (Å²) in [6, 6.07) is 0.00623. The summed E-state index contributed by atoms with van der Waals surface area (Å²) in [5.41, 5.74) is -0.727. The van der Waals surface area contributed by atoms with Crippen LogP contribution in [0.1, 0.15) is 180 Å². The molecule has 0 aromatic heterocycles. The molecule has 1 atom stereocenters. The summed E-state index contributed by atoms with van der Waals surface area (Å²) >= 11 is 0. The van der Waals surface area contributed by atoms with E-state index in [9.17, 15) is 14.7 Å². The predicted molar refractivity (Wildman–Crippen MR) is 205 cm³/mol. The number of unbranched alkanes of at least 4 members (excludes halogenated alkanes) is 3. The van der Waals surface area contributed by atoms with Gasteiger partial charge >= 0.3 is 5.97 Å². The van der Waals surface area contributed by atoms with Gasteiger partial charge in [-0.05, 0) is 145 Å². The molecule has 0 radical (unpaired) electrons. The quantitative estimate of drug-likeness (QED) is 0.104. The van der Waals surface area contributed by atoms with E-state index in [2.05, 4.69) is 11.5 Å². The molecule has 51 heavy (non-hydrogen) atoms. The zero-order valence-corrected chi connectivity index (χ0v) is 32.4. The highest BCUT2D eigenvalue weighted by molar-refractivity contribution is 5.81. The smallest absolute Gasteiger partial charge is 0.330 e. The topological polar surface area (TPSA) is 76.1 Å². The van der Waals surface area contributed by atoms with E-state index in [0.29, 0.717) is 24.3 Å². The Morgan fingerprint density at radius 3 is 1.65 bits per heavy atom. The first-order valence-electron chi connectivity index (χ1n) is 22.4. The number of carbonyl (C=O) groups is 2. The zero-order valence-electron chi connectivity index (χ0n) is 32.4. The first-order valence-corrected chi connectivity index (χ1v) is 22.4. The van der Waals surface area contributed by atoms with Crippen molar-refractivity contribution in [2.45, 2.75) is 198 Å². The fourth-order valence-corrected chi connectivity index (χ4v) is 12.5. The van der Waals surface area contributed by atoms with Gasteiger partial charge in [-0.15, -0.1) is 0 Å². The molecule has 6 rings (SSSR count). The largest absolute Gasteiger partial charge is 0.463 e. The Bertz CT molecular complexity index is 1020. The highest BCUT2D eigenvalue weighted by Gasteiger charge is 2.55. The molecule has 5 saturated carbocycles. The van der Waals surface area contributed by atoms with E-state index in [0.717, 1.165) is 101 Å². The van der Waals surface area contributed by atoms with Gasteiger partial charge in [0.25, 0.3) is 0 Å². The van der Waals surface area contributed by atoms with Crippen LogP contribution in [0.25, 0.3) is 0 Å². The number of ether oxygens (including phenoxy) is 2. The summed E-state index contributed by atoms with van der Waals surface area (Å²) in [7, 11) is 0. The van der Waals surface area contributed by atoms with Crippen LogP contribution in [0.3, 0.4) is 0 Å². The number of nitrogens with zero attached hydrogens (tertiary/aromatic N) is 1. The second kappa shape index (κ2) is 19.8. The number of rotatable bonds is 15. The Morgan fingerprint density at radius 2 is 1.12 bits per heavy atom. The van der Waals surface area contributed by atoms with Crippen molar-refractivity contribution in [1.82, 2.24) is 4.90 Å². The van der Waals surface area contributed by atoms with Gasteiger partial charge in [-0.3, -0.25) is 4.79 Å². The molecule has 6 heteroatoms. The molecule has 1 heterocycles. The van der Waals surface area contributed by atoms with Crippen molar-refractivity contribution in [3.63, 3.8) is 0 Å². The van der Waals surface area contributed by atoms with E-state index in [1.54, 1.807) is 0 Å². The summed E-state index contributed by atoms with van der Waals surface area (Å²) in [5, 5.41) is 13.4. The second-order valence-corrected chi connectivity index (χ2v) is 18.2. The van der Waals surface area contributed by atoms with E-state index in [4.69, 9.17) is 9.47 Å². The molecule has 1 amide bonds. The van der Waals surface area contributed by atoms with Crippen LogP contribution in [0, 0.1) is 41.4 Å². The fourth-order valence-electron chi connectivity index (χ4n) is 12.5. The molecule has 0 unspecified atom stereocenters. The van der Waals surface area contributed by atoms with Gasteiger partial charge in [0.15, 0.2) is 0 Å². The van der Waals surface area contributed by atoms with E-state index in [-0.39, 0.29) is 24.0 Å². The predicted octanol–water partition coefficient (Wildman–Crippen LogP) is 10.3. The van der Waals surface area contributed by atoms with Crippen molar-refractivity contribution in [2.75, 3.05) is 19.8 Å². The van der Waals surface area contributed by atoms with Crippen molar-refractivity contribution in [1.29, 1.82) is 0 Å². The average Bonchev–Trinajstić information content (AvgIpc) is 3.70. The lowest BCUT2D eigenvalue weighted by Crippen LogP contribution is -2.61. The number of likely N-dealkylation sites (tertiary alicyclic amines) is 1. The monoisotopic (exact) mass is 710 g/mol. The van der Waals surface area contributed by atoms with Crippen LogP contribution in [0.4, 0.5) is 0 Å². The van der Waals surface area contributed by atoms with E-state index >= 15 is 0 Å². The number of carbonyl (C=O) groups excluding carboxylic acids is 2. The molecule has 290 valence electrons. The Hall–Kier alpha value is -1.40. The lowest BCUT2D eigenvalue weighted by atomic mass is 9.58. The molecule has 0 spiro atoms. The number of esters is 1. The van der Waals surface area contributed by atoms with Crippen LogP contribution in [0.2, 0.25) is 0 Å². The third-order valence-corrected chi connectivity index (χ3v) is 15.4. The third-order valence-electron chi connectivity index (χ3n) is 15.4. The van der Waals surface area contributed by atoms with Gasteiger partial charge in [-0.2, -0.15) is 0 Å². The maximum absolute atomic E-state index is 14.4.